The van der Waals surface area contributed by atoms with Gasteiger partial charge in [0.25, 0.3) is 0 Å². The molecule has 1 nitrogen and oxygen atoms in total. The molecule has 86 valence electrons. The third-order valence-corrected chi connectivity index (χ3v) is 3.69. The summed E-state index contributed by atoms with van der Waals surface area (Å²) in [5.41, 5.74) is 2.45. The van der Waals surface area contributed by atoms with Gasteiger partial charge in [-0.15, -0.1) is 0 Å². The maximum absolute atomic E-state index is 12.1. The van der Waals surface area contributed by atoms with Crippen molar-refractivity contribution in [2.45, 2.75) is 45.4 Å². The molecule has 0 spiro atoms. The van der Waals surface area contributed by atoms with Crippen LogP contribution >= 0.6 is 0 Å². The van der Waals surface area contributed by atoms with Crippen molar-refractivity contribution in [2.75, 3.05) is 0 Å². The number of carbonyl (C=O) groups is 1. The second-order valence-electron chi connectivity index (χ2n) is 4.90. The van der Waals surface area contributed by atoms with Gasteiger partial charge in [0.2, 0.25) is 0 Å². The Labute approximate surface area is 97.9 Å². The Morgan fingerprint density at radius 3 is 2.56 bits per heavy atom. The summed E-state index contributed by atoms with van der Waals surface area (Å²) in [6.07, 6.45) is 6.66. The van der Waals surface area contributed by atoms with Crippen molar-refractivity contribution >= 4 is 5.78 Å². The molecule has 0 N–H and O–H groups in total. The zero-order chi connectivity index (χ0) is 11.4. The van der Waals surface area contributed by atoms with Gasteiger partial charge in [-0.25, -0.2) is 0 Å². The van der Waals surface area contributed by atoms with E-state index in [-0.39, 0.29) is 0 Å². The fourth-order valence-corrected chi connectivity index (χ4v) is 2.57. The monoisotopic (exact) mass is 216 g/mol. The highest BCUT2D eigenvalue weighted by molar-refractivity contribution is 5.83. The number of hydrogen-bond acceptors (Lipinski definition) is 1. The van der Waals surface area contributed by atoms with E-state index in [4.69, 9.17) is 0 Å². The van der Waals surface area contributed by atoms with Crippen LogP contribution in [0.1, 0.15) is 43.2 Å². The van der Waals surface area contributed by atoms with Crippen LogP contribution in [-0.2, 0) is 11.2 Å². The first-order valence-corrected chi connectivity index (χ1v) is 6.34. The molecule has 2 rings (SSSR count). The predicted octanol–water partition coefficient (Wildman–Crippen LogP) is 3.69. The van der Waals surface area contributed by atoms with Crippen LogP contribution in [0.3, 0.4) is 0 Å². The Hall–Kier alpha value is -1.11. The van der Waals surface area contributed by atoms with E-state index in [0.29, 0.717) is 18.1 Å². The summed E-state index contributed by atoms with van der Waals surface area (Å²) < 4.78 is 0. The van der Waals surface area contributed by atoms with Gasteiger partial charge in [-0.05, 0) is 30.9 Å². The third-order valence-electron chi connectivity index (χ3n) is 3.69. The van der Waals surface area contributed by atoms with Gasteiger partial charge in [0, 0.05) is 12.3 Å². The van der Waals surface area contributed by atoms with Gasteiger partial charge in [0.1, 0.15) is 5.78 Å². The van der Waals surface area contributed by atoms with E-state index in [1.165, 1.54) is 30.4 Å². The molecular weight excluding hydrogens is 196 g/mol. The van der Waals surface area contributed by atoms with Gasteiger partial charge < -0.3 is 0 Å². The Kier molecular flexibility index (Phi) is 3.76. The van der Waals surface area contributed by atoms with Gasteiger partial charge in [-0.3, -0.25) is 4.79 Å². The smallest absolute Gasteiger partial charge is 0.140 e. The summed E-state index contributed by atoms with van der Waals surface area (Å²) in [5, 5.41) is 0. The highest BCUT2D eigenvalue weighted by atomic mass is 16.1. The summed E-state index contributed by atoms with van der Waals surface area (Å²) in [5.74, 6) is 0.794. The Morgan fingerprint density at radius 2 is 1.88 bits per heavy atom. The minimum absolute atomic E-state index is 0.341. The minimum Gasteiger partial charge on any atom is -0.299 e. The van der Waals surface area contributed by atoms with E-state index in [9.17, 15) is 4.79 Å². The molecule has 16 heavy (non-hydrogen) atoms. The van der Waals surface area contributed by atoms with Gasteiger partial charge in [-0.2, -0.15) is 0 Å². The van der Waals surface area contributed by atoms with Crippen LogP contribution in [0.2, 0.25) is 0 Å². The lowest BCUT2D eigenvalue weighted by molar-refractivity contribution is -0.123. The van der Waals surface area contributed by atoms with Crippen LogP contribution in [-0.4, -0.2) is 5.78 Å². The summed E-state index contributed by atoms with van der Waals surface area (Å²) in [6, 6.07) is 8.22. The van der Waals surface area contributed by atoms with Crippen molar-refractivity contribution in [1.29, 1.82) is 0 Å². The molecule has 0 aliphatic heterocycles. The topological polar surface area (TPSA) is 17.1 Å². The molecule has 0 unspecified atom stereocenters. The molecule has 1 heteroatoms. The van der Waals surface area contributed by atoms with Crippen LogP contribution in [0, 0.1) is 12.8 Å². The highest BCUT2D eigenvalue weighted by Gasteiger charge is 2.21. The molecule has 0 radical (unpaired) electrons. The first-order valence-electron chi connectivity index (χ1n) is 6.34. The highest BCUT2D eigenvalue weighted by Crippen LogP contribution is 2.25. The number of hydrogen-bond donors (Lipinski definition) is 0. The lowest BCUT2D eigenvalue weighted by Gasteiger charge is -2.20. The summed E-state index contributed by atoms with van der Waals surface area (Å²) >= 11 is 0. The maximum atomic E-state index is 12.1. The molecule has 0 heterocycles. The maximum Gasteiger partial charge on any atom is 0.140 e. The van der Waals surface area contributed by atoms with Crippen molar-refractivity contribution in [2.24, 2.45) is 5.92 Å². The molecule has 0 aromatic heterocycles. The molecule has 0 bridgehead atoms. The van der Waals surface area contributed by atoms with Crippen molar-refractivity contribution in [3.8, 4) is 0 Å². The van der Waals surface area contributed by atoms with Crippen LogP contribution in [0.5, 0.6) is 0 Å². The Morgan fingerprint density at radius 1 is 1.19 bits per heavy atom. The van der Waals surface area contributed by atoms with E-state index < -0.39 is 0 Å². The molecular formula is C15H20O. The Balaban J connectivity index is 1.99. The molecule has 1 saturated carbocycles. The summed E-state index contributed by atoms with van der Waals surface area (Å²) in [6.45, 7) is 2.09. The van der Waals surface area contributed by atoms with Crippen molar-refractivity contribution in [3.63, 3.8) is 0 Å². The van der Waals surface area contributed by atoms with Gasteiger partial charge in [0.05, 0.1) is 0 Å². The van der Waals surface area contributed by atoms with Crippen LogP contribution < -0.4 is 0 Å². The fourth-order valence-electron chi connectivity index (χ4n) is 2.57. The minimum atomic E-state index is 0.341. The average Bonchev–Trinajstić information content (AvgIpc) is 2.33. The van der Waals surface area contributed by atoms with Crippen LogP contribution in [0.4, 0.5) is 0 Å². The van der Waals surface area contributed by atoms with E-state index >= 15 is 0 Å². The molecule has 0 amide bonds. The second kappa shape index (κ2) is 5.29. The number of carbonyl (C=O) groups excluding carboxylic acids is 1. The molecule has 1 fully saturated rings. The zero-order valence-corrected chi connectivity index (χ0v) is 10.0. The van der Waals surface area contributed by atoms with Crippen LogP contribution in [0.15, 0.2) is 24.3 Å². The molecule has 1 aromatic rings. The van der Waals surface area contributed by atoms with E-state index in [0.717, 1.165) is 12.8 Å². The molecule has 1 aliphatic carbocycles. The number of Topliss-reactive ketones (excluding diaryl/α,β-unsaturated/α-hetero) is 1. The first-order chi connectivity index (χ1) is 7.77. The van der Waals surface area contributed by atoms with Gasteiger partial charge >= 0.3 is 0 Å². The van der Waals surface area contributed by atoms with Gasteiger partial charge in [0.15, 0.2) is 0 Å². The zero-order valence-electron chi connectivity index (χ0n) is 10.0. The summed E-state index contributed by atoms with van der Waals surface area (Å²) in [7, 11) is 0. The second-order valence-corrected chi connectivity index (χ2v) is 4.90. The molecule has 1 aromatic carbocycles. The van der Waals surface area contributed by atoms with E-state index in [2.05, 4.69) is 19.1 Å². The molecule has 0 saturated heterocycles. The number of rotatable bonds is 3. The van der Waals surface area contributed by atoms with Crippen molar-refractivity contribution in [1.82, 2.24) is 0 Å². The normalized spacial score (nSPS) is 17.3. The predicted molar refractivity (Wildman–Crippen MR) is 66.5 cm³/mol. The number of ketones is 1. The SMILES string of the molecule is Cc1ccccc1CC(=O)C1CCCCC1. The lowest BCUT2D eigenvalue weighted by atomic mass is 9.84. The van der Waals surface area contributed by atoms with Gasteiger partial charge in [-0.1, -0.05) is 43.5 Å². The summed E-state index contributed by atoms with van der Waals surface area (Å²) in [4.78, 5) is 12.1. The number of aryl methyl sites for hydroxylation is 1. The van der Waals surface area contributed by atoms with E-state index in [1.54, 1.807) is 0 Å². The quantitative estimate of drug-likeness (QED) is 0.753. The fraction of sp³-hybridized carbons (Fsp3) is 0.533. The third kappa shape index (κ3) is 2.72. The average molecular weight is 216 g/mol. The lowest BCUT2D eigenvalue weighted by Crippen LogP contribution is -2.19. The largest absolute Gasteiger partial charge is 0.299 e. The van der Waals surface area contributed by atoms with Crippen LogP contribution in [0.25, 0.3) is 0 Å². The number of benzene rings is 1. The van der Waals surface area contributed by atoms with Crippen molar-refractivity contribution in [3.05, 3.63) is 35.4 Å². The first kappa shape index (κ1) is 11.4. The molecule has 1 aliphatic rings. The van der Waals surface area contributed by atoms with Crippen molar-refractivity contribution < 1.29 is 4.79 Å². The Bertz CT molecular complexity index is 361. The standard InChI is InChI=1S/C15H20O/c1-12-7-5-6-10-14(12)11-15(16)13-8-3-2-4-9-13/h5-7,10,13H,2-4,8-9,11H2,1H3. The molecule has 0 atom stereocenters. The van der Waals surface area contributed by atoms with E-state index in [1.807, 2.05) is 12.1 Å².